The van der Waals surface area contributed by atoms with Crippen LogP contribution in [-0.2, 0) is 6.42 Å². The third kappa shape index (κ3) is 2.29. The van der Waals surface area contributed by atoms with E-state index in [-0.39, 0.29) is 0 Å². The smallest absolute Gasteiger partial charge is 0.223 e. The maximum absolute atomic E-state index is 5.02. The van der Waals surface area contributed by atoms with Crippen molar-refractivity contribution < 1.29 is 4.52 Å². The van der Waals surface area contributed by atoms with Gasteiger partial charge < -0.3 is 9.84 Å². The Morgan fingerprint density at radius 2 is 2.06 bits per heavy atom. The van der Waals surface area contributed by atoms with Crippen LogP contribution in [0.25, 0.3) is 0 Å². The largest absolute Gasteiger partial charge is 0.340 e. The number of piperidine rings is 1. The third-order valence-electron chi connectivity index (χ3n) is 4.46. The van der Waals surface area contributed by atoms with Gasteiger partial charge in [0.15, 0.2) is 5.82 Å². The highest BCUT2D eigenvalue weighted by Gasteiger charge is 2.39. The second kappa shape index (κ2) is 4.97. The number of nitrogens with zero attached hydrogens (tertiary/aromatic N) is 3. The van der Waals surface area contributed by atoms with Gasteiger partial charge in [-0.3, -0.25) is 4.90 Å². The fourth-order valence-electron chi connectivity index (χ4n) is 3.55. The first-order chi connectivity index (χ1) is 8.76. The lowest BCUT2D eigenvalue weighted by Gasteiger charge is -2.38. The minimum Gasteiger partial charge on any atom is -0.340 e. The number of fused-ring (bicyclic) bond motifs is 2. The minimum absolute atomic E-state index is 0.668. The molecule has 18 heavy (non-hydrogen) atoms. The first-order valence-corrected chi connectivity index (χ1v) is 6.98. The van der Waals surface area contributed by atoms with Crippen molar-refractivity contribution in [3.63, 3.8) is 0 Å². The van der Waals surface area contributed by atoms with Gasteiger partial charge in [0.25, 0.3) is 0 Å². The van der Waals surface area contributed by atoms with E-state index in [1.807, 2.05) is 6.92 Å². The fourth-order valence-corrected chi connectivity index (χ4v) is 3.55. The van der Waals surface area contributed by atoms with E-state index < -0.39 is 0 Å². The van der Waals surface area contributed by atoms with E-state index in [0.717, 1.165) is 30.9 Å². The molecule has 0 aliphatic carbocycles. The van der Waals surface area contributed by atoms with E-state index >= 15 is 0 Å². The topological polar surface area (TPSA) is 54.2 Å². The van der Waals surface area contributed by atoms with Gasteiger partial charge >= 0.3 is 0 Å². The summed E-state index contributed by atoms with van der Waals surface area (Å²) in [5, 5.41) is 7.41. The van der Waals surface area contributed by atoms with Gasteiger partial charge in [0.1, 0.15) is 0 Å². The SMILES string of the molecule is CNC1CC2CCC(C1)N2CCc1noc(C)n1. The average Bonchev–Trinajstić information content (AvgIpc) is 2.87. The monoisotopic (exact) mass is 250 g/mol. The first kappa shape index (κ1) is 12.1. The van der Waals surface area contributed by atoms with Crippen molar-refractivity contribution >= 4 is 0 Å². The van der Waals surface area contributed by atoms with Crippen LogP contribution in [0.3, 0.4) is 0 Å². The second-order valence-corrected chi connectivity index (χ2v) is 5.56. The van der Waals surface area contributed by atoms with Crippen LogP contribution in [0.4, 0.5) is 0 Å². The molecule has 1 aromatic rings. The van der Waals surface area contributed by atoms with Crippen molar-refractivity contribution in [2.75, 3.05) is 13.6 Å². The highest BCUT2D eigenvalue weighted by atomic mass is 16.5. The van der Waals surface area contributed by atoms with E-state index in [1.54, 1.807) is 0 Å². The van der Waals surface area contributed by atoms with Crippen molar-refractivity contribution in [1.82, 2.24) is 20.4 Å². The van der Waals surface area contributed by atoms with E-state index in [9.17, 15) is 0 Å². The molecule has 2 atom stereocenters. The van der Waals surface area contributed by atoms with Crippen LogP contribution < -0.4 is 5.32 Å². The summed E-state index contributed by atoms with van der Waals surface area (Å²) in [6.45, 7) is 2.92. The van der Waals surface area contributed by atoms with Gasteiger partial charge in [0.2, 0.25) is 5.89 Å². The number of aromatic nitrogens is 2. The molecule has 3 heterocycles. The van der Waals surface area contributed by atoms with E-state index in [0.29, 0.717) is 11.9 Å². The van der Waals surface area contributed by atoms with Gasteiger partial charge in [-0.05, 0) is 32.7 Å². The summed E-state index contributed by atoms with van der Waals surface area (Å²) in [6, 6.07) is 2.23. The molecule has 0 radical (unpaired) electrons. The lowest BCUT2D eigenvalue weighted by molar-refractivity contribution is 0.120. The van der Waals surface area contributed by atoms with E-state index in [1.165, 1.54) is 25.7 Å². The van der Waals surface area contributed by atoms with Crippen LogP contribution >= 0.6 is 0 Å². The standard InChI is InChI=1S/C13H22N4O/c1-9-15-13(16-18-9)5-6-17-11-3-4-12(17)8-10(7-11)14-2/h10-12,14H,3-8H2,1-2H3. The minimum atomic E-state index is 0.668. The Balaban J connectivity index is 1.58. The summed E-state index contributed by atoms with van der Waals surface area (Å²) >= 11 is 0. The Bertz CT molecular complexity index is 391. The lowest BCUT2D eigenvalue weighted by atomic mass is 9.97. The van der Waals surface area contributed by atoms with Crippen LogP contribution in [0.2, 0.25) is 0 Å². The van der Waals surface area contributed by atoms with Crippen molar-refractivity contribution in [1.29, 1.82) is 0 Å². The maximum Gasteiger partial charge on any atom is 0.223 e. The molecule has 2 saturated heterocycles. The van der Waals surface area contributed by atoms with Crippen LogP contribution in [-0.4, -0.2) is 46.8 Å². The van der Waals surface area contributed by atoms with E-state index in [2.05, 4.69) is 27.4 Å². The van der Waals surface area contributed by atoms with Crippen LogP contribution in [0, 0.1) is 6.92 Å². The van der Waals surface area contributed by atoms with E-state index in [4.69, 9.17) is 4.52 Å². The zero-order valence-electron chi connectivity index (χ0n) is 11.2. The highest BCUT2D eigenvalue weighted by Crippen LogP contribution is 2.35. The molecule has 2 unspecified atom stereocenters. The molecule has 2 aliphatic rings. The predicted molar refractivity (Wildman–Crippen MR) is 68.3 cm³/mol. The highest BCUT2D eigenvalue weighted by molar-refractivity contribution is 4.98. The normalized spacial score (nSPS) is 32.0. The molecule has 2 bridgehead atoms. The second-order valence-electron chi connectivity index (χ2n) is 5.56. The zero-order valence-corrected chi connectivity index (χ0v) is 11.2. The molecule has 2 fully saturated rings. The molecule has 5 nitrogen and oxygen atoms in total. The number of hydrogen-bond acceptors (Lipinski definition) is 5. The number of nitrogens with one attached hydrogen (secondary N) is 1. The number of rotatable bonds is 4. The summed E-state index contributed by atoms with van der Waals surface area (Å²) in [5.41, 5.74) is 0. The van der Waals surface area contributed by atoms with Crippen molar-refractivity contribution in [3.8, 4) is 0 Å². The Hall–Kier alpha value is -0.940. The average molecular weight is 250 g/mol. The quantitative estimate of drug-likeness (QED) is 0.868. The van der Waals surface area contributed by atoms with Crippen LogP contribution in [0.1, 0.15) is 37.4 Å². The Labute approximate surface area is 108 Å². The number of aryl methyl sites for hydroxylation is 1. The first-order valence-electron chi connectivity index (χ1n) is 6.98. The molecule has 1 N–H and O–H groups in total. The van der Waals surface area contributed by atoms with Crippen LogP contribution in [0.5, 0.6) is 0 Å². The Kier molecular flexibility index (Phi) is 3.35. The maximum atomic E-state index is 5.02. The van der Waals surface area contributed by atoms with Gasteiger partial charge in [0, 0.05) is 38.0 Å². The molecular weight excluding hydrogens is 228 g/mol. The molecule has 0 spiro atoms. The summed E-state index contributed by atoms with van der Waals surface area (Å²) in [7, 11) is 2.09. The van der Waals surface area contributed by atoms with Crippen LogP contribution in [0.15, 0.2) is 4.52 Å². The Morgan fingerprint density at radius 1 is 1.33 bits per heavy atom. The molecular formula is C13H22N4O. The van der Waals surface area contributed by atoms with Gasteiger partial charge in [-0.2, -0.15) is 4.98 Å². The van der Waals surface area contributed by atoms with Gasteiger partial charge in [-0.25, -0.2) is 0 Å². The summed E-state index contributed by atoms with van der Waals surface area (Å²) in [5.74, 6) is 1.52. The van der Waals surface area contributed by atoms with Gasteiger partial charge in [0.05, 0.1) is 0 Å². The molecule has 2 aliphatic heterocycles. The van der Waals surface area contributed by atoms with Crippen molar-refractivity contribution in [3.05, 3.63) is 11.7 Å². The number of hydrogen-bond donors (Lipinski definition) is 1. The summed E-state index contributed by atoms with van der Waals surface area (Å²) in [6.07, 6.45) is 6.20. The molecule has 3 rings (SSSR count). The predicted octanol–water partition coefficient (Wildman–Crippen LogP) is 1.14. The molecule has 1 aromatic heterocycles. The fraction of sp³-hybridized carbons (Fsp3) is 0.846. The Morgan fingerprint density at radius 3 is 2.61 bits per heavy atom. The molecule has 0 aromatic carbocycles. The zero-order chi connectivity index (χ0) is 12.5. The molecule has 100 valence electrons. The lowest BCUT2D eigenvalue weighted by Crippen LogP contribution is -2.48. The van der Waals surface area contributed by atoms with Gasteiger partial charge in [-0.15, -0.1) is 0 Å². The molecule has 0 saturated carbocycles. The third-order valence-corrected chi connectivity index (χ3v) is 4.46. The summed E-state index contributed by atoms with van der Waals surface area (Å²) < 4.78 is 5.02. The van der Waals surface area contributed by atoms with Crippen molar-refractivity contribution in [2.24, 2.45) is 0 Å². The van der Waals surface area contributed by atoms with Crippen molar-refractivity contribution in [2.45, 2.75) is 57.2 Å². The molecule has 5 heteroatoms. The van der Waals surface area contributed by atoms with Gasteiger partial charge in [-0.1, -0.05) is 5.16 Å². The summed E-state index contributed by atoms with van der Waals surface area (Å²) in [4.78, 5) is 6.95. The molecule has 0 amide bonds.